The number of halogens is 3. The minimum atomic E-state index is -2.94. The molecule has 1 saturated heterocycles. The van der Waals surface area contributed by atoms with Crippen LogP contribution in [-0.4, -0.2) is 60.6 Å². The van der Waals surface area contributed by atoms with Crippen molar-refractivity contribution in [1.82, 2.24) is 35.5 Å². The van der Waals surface area contributed by atoms with E-state index in [1.54, 1.807) is 19.1 Å². The van der Waals surface area contributed by atoms with Gasteiger partial charge in [0.2, 0.25) is 5.91 Å². The van der Waals surface area contributed by atoms with E-state index in [0.717, 1.165) is 25.7 Å². The van der Waals surface area contributed by atoms with Crippen LogP contribution in [-0.2, 0) is 4.79 Å². The van der Waals surface area contributed by atoms with Crippen molar-refractivity contribution in [3.8, 4) is 0 Å². The Bertz CT molecular complexity index is 1570. The fourth-order valence-electron chi connectivity index (χ4n) is 7.58. The number of piperidine rings is 1. The summed E-state index contributed by atoms with van der Waals surface area (Å²) in [6.07, 6.45) is 3.08. The first kappa shape index (κ1) is 26.1. The molecular formula is C29H32F3N7O3. The highest BCUT2D eigenvalue weighted by Gasteiger charge is 2.73. The average Bonchev–Trinajstić information content (AvgIpc) is 3.91. The maximum absolute atomic E-state index is 14.7. The first-order valence-corrected chi connectivity index (χ1v) is 14.9. The number of nitrogens with zero attached hydrogens (tertiary/aromatic N) is 5. The van der Waals surface area contributed by atoms with Crippen molar-refractivity contribution in [3.63, 3.8) is 0 Å². The van der Waals surface area contributed by atoms with Gasteiger partial charge in [-0.25, -0.2) is 27.8 Å². The zero-order valence-electron chi connectivity index (χ0n) is 23.2. The van der Waals surface area contributed by atoms with Crippen molar-refractivity contribution in [1.29, 1.82) is 0 Å². The van der Waals surface area contributed by atoms with Crippen LogP contribution in [0.3, 0.4) is 0 Å². The lowest BCUT2D eigenvalue weighted by Crippen LogP contribution is -2.51. The summed E-state index contributed by atoms with van der Waals surface area (Å²) < 4.78 is 48.0. The molecule has 222 valence electrons. The molecule has 3 aromatic rings. The number of alkyl halides is 3. The van der Waals surface area contributed by atoms with E-state index in [4.69, 9.17) is 9.61 Å². The summed E-state index contributed by atoms with van der Waals surface area (Å²) in [4.78, 5) is 41.0. The normalized spacial score (nSPS) is 30.6. The van der Waals surface area contributed by atoms with Gasteiger partial charge in [0, 0.05) is 25.3 Å². The van der Waals surface area contributed by atoms with Crippen molar-refractivity contribution < 1.29 is 27.4 Å². The molecule has 2 N–H and O–H groups in total. The number of aryl methyl sites for hydroxylation is 1. The van der Waals surface area contributed by atoms with E-state index in [0.29, 0.717) is 46.6 Å². The molecular weight excluding hydrogens is 551 g/mol. The lowest BCUT2D eigenvalue weighted by Gasteiger charge is -2.42. The summed E-state index contributed by atoms with van der Waals surface area (Å²) >= 11 is 0. The van der Waals surface area contributed by atoms with Crippen molar-refractivity contribution in [3.05, 3.63) is 35.0 Å². The van der Waals surface area contributed by atoms with Gasteiger partial charge in [-0.3, -0.25) is 9.59 Å². The quantitative estimate of drug-likeness (QED) is 0.396. The molecule has 0 radical (unpaired) electrons. The largest absolute Gasteiger partial charge is 0.340 e. The minimum absolute atomic E-state index is 0.0949. The van der Waals surface area contributed by atoms with Gasteiger partial charge in [-0.1, -0.05) is 5.16 Å². The molecule has 5 atom stereocenters. The van der Waals surface area contributed by atoms with Gasteiger partial charge in [-0.2, -0.15) is 0 Å². The molecule has 2 amide bonds. The summed E-state index contributed by atoms with van der Waals surface area (Å²) in [5.41, 5.74) is 1.07. The number of imidazole rings is 1. The van der Waals surface area contributed by atoms with Gasteiger partial charge >= 0.3 is 0 Å². The number of carbonyl (C=O) groups is 2. The number of pyridine rings is 1. The zero-order chi connectivity index (χ0) is 29.0. The SMILES string of the molecule is Cc1nonc1C(=O)N[C@@H](c1nc2nc([C@H]3CC(F)(F)CCN3C(=O)C34CC(F)C3C4)ccc2[nH]1)C(C1CC1)C1CC1. The van der Waals surface area contributed by atoms with Crippen molar-refractivity contribution in [2.24, 2.45) is 29.1 Å². The number of aromatic amines is 1. The van der Waals surface area contributed by atoms with Crippen LogP contribution in [0.15, 0.2) is 16.8 Å². The second kappa shape index (κ2) is 9.00. The molecule has 10 nitrogen and oxygen atoms in total. The third-order valence-electron chi connectivity index (χ3n) is 10.3. The van der Waals surface area contributed by atoms with Gasteiger partial charge < -0.3 is 15.2 Å². The van der Waals surface area contributed by atoms with Crippen LogP contribution in [0, 0.1) is 36.0 Å². The van der Waals surface area contributed by atoms with Gasteiger partial charge in [0.25, 0.3) is 11.8 Å². The van der Waals surface area contributed by atoms with E-state index < -0.39 is 48.3 Å². The number of rotatable bonds is 8. The topological polar surface area (TPSA) is 130 Å². The molecule has 13 heteroatoms. The van der Waals surface area contributed by atoms with Gasteiger partial charge in [-0.15, -0.1) is 0 Å². The number of fused-ring (bicyclic) bond motifs is 2. The molecule has 42 heavy (non-hydrogen) atoms. The third kappa shape index (κ3) is 4.21. The maximum atomic E-state index is 14.7. The molecule has 1 aliphatic heterocycles. The molecule has 5 fully saturated rings. The molecule has 0 bridgehead atoms. The second-order valence-electron chi connectivity index (χ2n) is 13.1. The Kier molecular flexibility index (Phi) is 5.60. The average molecular weight is 584 g/mol. The predicted octanol–water partition coefficient (Wildman–Crippen LogP) is 4.60. The summed E-state index contributed by atoms with van der Waals surface area (Å²) in [6.45, 7) is 1.56. The van der Waals surface area contributed by atoms with E-state index in [2.05, 4.69) is 25.6 Å². The van der Waals surface area contributed by atoms with Crippen LogP contribution in [0.4, 0.5) is 13.2 Å². The highest BCUT2D eigenvalue weighted by molar-refractivity contribution is 5.93. The fourth-order valence-corrected chi connectivity index (χ4v) is 7.58. The Balaban J connectivity index is 1.12. The minimum Gasteiger partial charge on any atom is -0.340 e. The number of amides is 2. The van der Waals surface area contributed by atoms with Crippen LogP contribution in [0.2, 0.25) is 0 Å². The molecule has 3 aromatic heterocycles. The molecule has 4 aliphatic carbocycles. The molecule has 3 unspecified atom stereocenters. The number of carbonyl (C=O) groups excluding carboxylic acids is 2. The third-order valence-corrected chi connectivity index (χ3v) is 10.3. The highest BCUT2D eigenvalue weighted by atomic mass is 19.3. The molecule has 4 heterocycles. The lowest BCUT2D eigenvalue weighted by molar-refractivity contribution is -0.154. The summed E-state index contributed by atoms with van der Waals surface area (Å²) in [7, 11) is 0. The first-order valence-electron chi connectivity index (χ1n) is 14.9. The maximum Gasteiger partial charge on any atom is 0.276 e. The van der Waals surface area contributed by atoms with Crippen LogP contribution < -0.4 is 5.32 Å². The Morgan fingerprint density at radius 1 is 1.10 bits per heavy atom. The Labute approximate surface area is 239 Å². The smallest absolute Gasteiger partial charge is 0.276 e. The molecule has 8 rings (SSSR count). The van der Waals surface area contributed by atoms with Crippen molar-refractivity contribution in [2.45, 2.75) is 82.5 Å². The van der Waals surface area contributed by atoms with Crippen molar-refractivity contribution >= 4 is 23.0 Å². The summed E-state index contributed by atoms with van der Waals surface area (Å²) in [6, 6.07) is 2.05. The first-order chi connectivity index (χ1) is 20.1. The van der Waals surface area contributed by atoms with Crippen LogP contribution in [0.25, 0.3) is 11.2 Å². The van der Waals surface area contributed by atoms with E-state index in [9.17, 15) is 22.8 Å². The molecule has 0 spiro atoms. The number of likely N-dealkylation sites (tertiary alicyclic amines) is 1. The van der Waals surface area contributed by atoms with E-state index in [-0.39, 0.29) is 36.4 Å². The Morgan fingerprint density at radius 2 is 1.86 bits per heavy atom. The number of nitrogens with one attached hydrogen (secondary N) is 2. The van der Waals surface area contributed by atoms with Crippen LogP contribution in [0.1, 0.15) is 91.2 Å². The monoisotopic (exact) mass is 583 g/mol. The van der Waals surface area contributed by atoms with E-state index in [1.807, 2.05) is 0 Å². The molecule has 4 saturated carbocycles. The second-order valence-corrected chi connectivity index (χ2v) is 13.1. The number of aromatic nitrogens is 5. The molecule has 5 aliphatic rings. The van der Waals surface area contributed by atoms with Crippen LogP contribution in [0.5, 0.6) is 0 Å². The summed E-state index contributed by atoms with van der Waals surface area (Å²) in [5.74, 6) is -2.18. The van der Waals surface area contributed by atoms with E-state index >= 15 is 0 Å². The van der Waals surface area contributed by atoms with Gasteiger partial charge in [-0.05, 0) is 80.5 Å². The fraction of sp³-hybridized carbons (Fsp3) is 0.655. The lowest BCUT2D eigenvalue weighted by atomic mass is 9.80. The number of hydrogen-bond acceptors (Lipinski definition) is 7. The number of H-pyrrole nitrogens is 1. The Hall–Kier alpha value is -3.51. The van der Waals surface area contributed by atoms with Gasteiger partial charge in [0.15, 0.2) is 11.3 Å². The summed E-state index contributed by atoms with van der Waals surface area (Å²) in [5, 5.41) is 10.6. The number of hydrogen-bond donors (Lipinski definition) is 2. The van der Waals surface area contributed by atoms with E-state index in [1.165, 1.54) is 4.90 Å². The Morgan fingerprint density at radius 3 is 2.48 bits per heavy atom. The van der Waals surface area contributed by atoms with Gasteiger partial charge in [0.05, 0.1) is 28.7 Å². The molecule has 0 aromatic carbocycles. The zero-order valence-corrected chi connectivity index (χ0v) is 23.2. The standard InChI is InChI=1S/C29H32F3N7O3/c1-13-22(38-42-37-13)26(40)35-23(21(14-2-3-14)15-4-5-15)25-34-19-7-6-18(33-24(19)36-25)20-12-29(31,32)8-9-39(20)27(41)28-10-16(28)17(30)11-28/h6-7,14-17,20-21,23H,2-5,8-12H2,1H3,(H,35,40)(H,33,34,36)/t16?,17?,20-,23-,28?/m1/s1. The predicted molar refractivity (Wildman–Crippen MR) is 141 cm³/mol. The van der Waals surface area contributed by atoms with Crippen molar-refractivity contribution in [2.75, 3.05) is 6.54 Å². The van der Waals surface area contributed by atoms with Crippen LogP contribution >= 0.6 is 0 Å². The van der Waals surface area contributed by atoms with Gasteiger partial charge in [0.1, 0.15) is 17.7 Å². The highest BCUT2D eigenvalue weighted by Crippen LogP contribution is 2.70.